The normalized spacial score (nSPS) is 15.5. The number of nitrogens with zero attached hydrogens (tertiary/aromatic N) is 3. The van der Waals surface area contributed by atoms with Gasteiger partial charge in [0.25, 0.3) is 11.5 Å². The second-order valence-corrected chi connectivity index (χ2v) is 7.61. The maximum atomic E-state index is 12.6. The lowest BCUT2D eigenvalue weighted by Crippen LogP contribution is -2.49. The summed E-state index contributed by atoms with van der Waals surface area (Å²) < 4.78 is 1.32. The number of nitrogens with one attached hydrogen (secondary N) is 1. The van der Waals surface area contributed by atoms with Crippen molar-refractivity contribution in [2.75, 3.05) is 31.1 Å². The second-order valence-electron chi connectivity index (χ2n) is 7.61. The van der Waals surface area contributed by atoms with Crippen LogP contribution in [0.3, 0.4) is 0 Å². The molecule has 6 heteroatoms. The number of rotatable bonds is 2. The van der Waals surface area contributed by atoms with E-state index < -0.39 is 0 Å². The summed E-state index contributed by atoms with van der Waals surface area (Å²) in [7, 11) is 1.61. The molecule has 25 heavy (non-hydrogen) atoms. The van der Waals surface area contributed by atoms with Crippen LogP contribution in [0.15, 0.2) is 35.1 Å². The van der Waals surface area contributed by atoms with Gasteiger partial charge in [-0.05, 0) is 17.0 Å². The monoisotopic (exact) mass is 342 g/mol. The summed E-state index contributed by atoms with van der Waals surface area (Å²) in [6, 6.07) is 9.85. The SMILES string of the molecule is Cn1[nH]c(C(=O)N2CCN(c3ccccc3C(C)(C)C)CC2)cc1=O. The van der Waals surface area contributed by atoms with E-state index in [-0.39, 0.29) is 16.9 Å². The lowest BCUT2D eigenvalue weighted by molar-refractivity contribution is 0.0740. The van der Waals surface area contributed by atoms with E-state index in [1.807, 2.05) is 4.90 Å². The van der Waals surface area contributed by atoms with Crippen molar-refractivity contribution in [3.05, 3.63) is 51.9 Å². The minimum Gasteiger partial charge on any atom is -0.368 e. The van der Waals surface area contributed by atoms with E-state index in [9.17, 15) is 9.59 Å². The third-order valence-electron chi connectivity index (χ3n) is 4.74. The summed E-state index contributed by atoms with van der Waals surface area (Å²) in [6.45, 7) is 9.53. The van der Waals surface area contributed by atoms with Crippen LogP contribution in [0, 0.1) is 0 Å². The van der Waals surface area contributed by atoms with Crippen molar-refractivity contribution in [1.82, 2.24) is 14.7 Å². The predicted octanol–water partition coefficient (Wildman–Crippen LogP) is 1.97. The zero-order valence-corrected chi connectivity index (χ0v) is 15.4. The first-order chi connectivity index (χ1) is 11.8. The number of hydrogen-bond donors (Lipinski definition) is 1. The first-order valence-electron chi connectivity index (χ1n) is 8.67. The summed E-state index contributed by atoms with van der Waals surface area (Å²) >= 11 is 0. The standard InChI is InChI=1S/C19H26N4O2/c1-19(2,3)14-7-5-6-8-16(14)22-9-11-23(12-10-22)18(25)15-13-17(24)21(4)20-15/h5-8,13,20H,9-12H2,1-4H3. The van der Waals surface area contributed by atoms with Crippen molar-refractivity contribution in [2.24, 2.45) is 7.05 Å². The Morgan fingerprint density at radius 3 is 2.28 bits per heavy atom. The average Bonchev–Trinajstić information content (AvgIpc) is 2.93. The lowest BCUT2D eigenvalue weighted by Gasteiger charge is -2.38. The molecule has 0 bridgehead atoms. The molecule has 0 radical (unpaired) electrons. The quantitative estimate of drug-likeness (QED) is 0.908. The second kappa shape index (κ2) is 6.43. The Balaban J connectivity index is 1.72. The van der Waals surface area contributed by atoms with Crippen LogP contribution in [0.5, 0.6) is 0 Å². The number of aromatic nitrogens is 2. The molecule has 0 aliphatic carbocycles. The Labute approximate surface area is 148 Å². The van der Waals surface area contributed by atoms with Crippen LogP contribution in [-0.2, 0) is 12.5 Å². The van der Waals surface area contributed by atoms with Gasteiger partial charge in [0.05, 0.1) is 0 Å². The fourth-order valence-electron chi connectivity index (χ4n) is 3.30. The van der Waals surface area contributed by atoms with E-state index in [4.69, 9.17) is 0 Å². The van der Waals surface area contributed by atoms with Crippen LogP contribution < -0.4 is 10.5 Å². The van der Waals surface area contributed by atoms with Gasteiger partial charge in [-0.1, -0.05) is 39.0 Å². The third-order valence-corrected chi connectivity index (χ3v) is 4.74. The van der Waals surface area contributed by atoms with Crippen LogP contribution in [-0.4, -0.2) is 46.8 Å². The summed E-state index contributed by atoms with van der Waals surface area (Å²) in [5, 5.41) is 2.81. The van der Waals surface area contributed by atoms with Crippen LogP contribution in [0.25, 0.3) is 0 Å². The molecule has 2 heterocycles. The fourth-order valence-corrected chi connectivity index (χ4v) is 3.30. The van der Waals surface area contributed by atoms with E-state index in [2.05, 4.69) is 55.0 Å². The third kappa shape index (κ3) is 3.48. The van der Waals surface area contributed by atoms with Crippen molar-refractivity contribution in [3.8, 4) is 0 Å². The van der Waals surface area contributed by atoms with E-state index in [1.165, 1.54) is 22.0 Å². The molecule has 134 valence electrons. The first-order valence-corrected chi connectivity index (χ1v) is 8.67. The van der Waals surface area contributed by atoms with E-state index in [1.54, 1.807) is 7.05 Å². The van der Waals surface area contributed by atoms with Crippen molar-refractivity contribution in [3.63, 3.8) is 0 Å². The number of carbonyl (C=O) groups is 1. The lowest BCUT2D eigenvalue weighted by atomic mass is 9.85. The summed E-state index contributed by atoms with van der Waals surface area (Å²) in [4.78, 5) is 28.3. The van der Waals surface area contributed by atoms with Crippen LogP contribution in [0.4, 0.5) is 5.69 Å². The number of piperazine rings is 1. The first kappa shape index (κ1) is 17.3. The van der Waals surface area contributed by atoms with Gasteiger partial charge in [0.1, 0.15) is 5.69 Å². The maximum Gasteiger partial charge on any atom is 0.272 e. The van der Waals surface area contributed by atoms with Gasteiger partial charge < -0.3 is 9.80 Å². The van der Waals surface area contributed by atoms with Gasteiger partial charge in [-0.25, -0.2) is 0 Å². The highest BCUT2D eigenvalue weighted by molar-refractivity contribution is 5.92. The maximum absolute atomic E-state index is 12.6. The largest absolute Gasteiger partial charge is 0.368 e. The molecule has 6 nitrogen and oxygen atoms in total. The molecule has 1 saturated heterocycles. The number of para-hydroxylation sites is 1. The average molecular weight is 342 g/mol. The van der Waals surface area contributed by atoms with Crippen LogP contribution >= 0.6 is 0 Å². The Kier molecular flexibility index (Phi) is 4.45. The molecule has 0 saturated carbocycles. The van der Waals surface area contributed by atoms with E-state index >= 15 is 0 Å². The topological polar surface area (TPSA) is 61.3 Å². The number of H-pyrrole nitrogens is 1. The van der Waals surface area contributed by atoms with Gasteiger partial charge in [0.15, 0.2) is 0 Å². The van der Waals surface area contributed by atoms with Gasteiger partial charge in [-0.2, -0.15) is 0 Å². The fraction of sp³-hybridized carbons (Fsp3) is 0.474. The number of carbonyl (C=O) groups excluding carboxylic acids is 1. The van der Waals surface area contributed by atoms with E-state index in [0.717, 1.165) is 13.1 Å². The number of amides is 1. The highest BCUT2D eigenvalue weighted by atomic mass is 16.2. The van der Waals surface area contributed by atoms with Gasteiger partial charge in [0.2, 0.25) is 0 Å². The van der Waals surface area contributed by atoms with Crippen LogP contribution in [0.2, 0.25) is 0 Å². The zero-order chi connectivity index (χ0) is 18.2. The number of hydrogen-bond acceptors (Lipinski definition) is 3. The Morgan fingerprint density at radius 1 is 1.08 bits per heavy atom. The molecule has 1 fully saturated rings. The molecule has 1 aliphatic rings. The highest BCUT2D eigenvalue weighted by Gasteiger charge is 2.26. The molecule has 2 aromatic rings. The Bertz CT molecular complexity index is 820. The number of benzene rings is 1. The van der Waals surface area contributed by atoms with Gasteiger partial charge in [0, 0.05) is 45.0 Å². The highest BCUT2D eigenvalue weighted by Crippen LogP contribution is 2.32. The Morgan fingerprint density at radius 2 is 1.72 bits per heavy atom. The smallest absolute Gasteiger partial charge is 0.272 e. The summed E-state index contributed by atoms with van der Waals surface area (Å²) in [6.07, 6.45) is 0. The number of aromatic amines is 1. The summed E-state index contributed by atoms with van der Waals surface area (Å²) in [5.74, 6) is -0.110. The molecule has 3 rings (SSSR count). The summed E-state index contributed by atoms with van der Waals surface area (Å²) in [5.41, 5.74) is 2.81. The van der Waals surface area contributed by atoms with Crippen LogP contribution in [0.1, 0.15) is 36.8 Å². The molecular formula is C19H26N4O2. The number of aryl methyl sites for hydroxylation is 1. The molecule has 0 spiro atoms. The minimum atomic E-state index is -0.193. The molecule has 0 atom stereocenters. The molecule has 0 unspecified atom stereocenters. The predicted molar refractivity (Wildman–Crippen MR) is 99.3 cm³/mol. The van der Waals surface area contributed by atoms with Crippen molar-refractivity contribution < 1.29 is 4.79 Å². The van der Waals surface area contributed by atoms with Gasteiger partial charge >= 0.3 is 0 Å². The van der Waals surface area contributed by atoms with Gasteiger partial charge in [-0.3, -0.25) is 19.4 Å². The molecular weight excluding hydrogens is 316 g/mol. The van der Waals surface area contributed by atoms with Crippen molar-refractivity contribution in [2.45, 2.75) is 26.2 Å². The molecule has 1 aromatic heterocycles. The van der Waals surface area contributed by atoms with E-state index in [0.29, 0.717) is 18.8 Å². The van der Waals surface area contributed by atoms with Crippen molar-refractivity contribution >= 4 is 11.6 Å². The minimum absolute atomic E-state index is 0.0765. The number of anilines is 1. The molecule has 1 aromatic carbocycles. The zero-order valence-electron chi connectivity index (χ0n) is 15.4. The van der Waals surface area contributed by atoms with Gasteiger partial charge in [-0.15, -0.1) is 0 Å². The molecule has 1 N–H and O–H groups in total. The van der Waals surface area contributed by atoms with Crippen molar-refractivity contribution in [1.29, 1.82) is 0 Å². The Hall–Kier alpha value is -2.50. The molecule has 1 amide bonds. The molecule has 1 aliphatic heterocycles.